The summed E-state index contributed by atoms with van der Waals surface area (Å²) >= 11 is 18.5. The van der Waals surface area contributed by atoms with E-state index in [4.69, 9.17) is 34.8 Å². The first-order valence-corrected chi connectivity index (χ1v) is 12.1. The number of nitrogens with zero attached hydrogens (tertiary/aromatic N) is 3. The van der Waals surface area contributed by atoms with Gasteiger partial charge in [-0.05, 0) is 79.4 Å². The number of hydrogen-bond donors (Lipinski definition) is 0. The Morgan fingerprint density at radius 3 is 2.12 bits per heavy atom. The molecule has 7 heteroatoms. The average molecular weight is 503 g/mol. The van der Waals surface area contributed by atoms with Crippen LogP contribution in [0.15, 0.2) is 42.6 Å². The van der Waals surface area contributed by atoms with Crippen LogP contribution in [0.5, 0.6) is 0 Å². The van der Waals surface area contributed by atoms with Crippen molar-refractivity contribution in [1.29, 1.82) is 0 Å². The summed E-state index contributed by atoms with van der Waals surface area (Å²) in [6.07, 6.45) is 1.87. The Bertz CT molecular complexity index is 1160. The van der Waals surface area contributed by atoms with Crippen LogP contribution in [0.25, 0.3) is 11.3 Å². The molecule has 0 atom stereocenters. The third kappa shape index (κ3) is 5.36. The highest BCUT2D eigenvalue weighted by molar-refractivity contribution is 6.42. The Kier molecular flexibility index (Phi) is 7.30. The van der Waals surface area contributed by atoms with Crippen molar-refractivity contribution in [2.24, 2.45) is 0 Å². The second kappa shape index (κ2) is 10.0. The van der Waals surface area contributed by atoms with Crippen LogP contribution >= 0.6 is 34.8 Å². The highest BCUT2D eigenvalue weighted by Crippen LogP contribution is 2.30. The van der Waals surface area contributed by atoms with E-state index in [1.165, 1.54) is 22.3 Å². The van der Waals surface area contributed by atoms with E-state index in [-0.39, 0.29) is 16.0 Å². The predicted molar refractivity (Wildman–Crippen MR) is 137 cm³/mol. The Hall–Kier alpha value is -2.11. The number of aromatic nitrogens is 1. The Labute approximate surface area is 210 Å². The van der Waals surface area contributed by atoms with Gasteiger partial charge in [0.1, 0.15) is 0 Å². The molecule has 0 aliphatic carbocycles. The molecule has 0 unspecified atom stereocenters. The third-order valence-corrected chi connectivity index (χ3v) is 7.15. The number of rotatable bonds is 4. The number of aryl methyl sites for hydroxylation is 2. The van der Waals surface area contributed by atoms with Gasteiger partial charge in [0.2, 0.25) is 0 Å². The van der Waals surface area contributed by atoms with Gasteiger partial charge >= 0.3 is 0 Å². The molecule has 172 valence electrons. The molecule has 0 spiro atoms. The number of halogens is 3. The molecule has 1 fully saturated rings. The third-order valence-electron chi connectivity index (χ3n) is 6.33. The minimum Gasteiger partial charge on any atom is -0.336 e. The Morgan fingerprint density at radius 2 is 1.52 bits per heavy atom. The fourth-order valence-electron chi connectivity index (χ4n) is 4.19. The van der Waals surface area contributed by atoms with Crippen molar-refractivity contribution >= 4 is 40.7 Å². The fraction of sp³-hybridized carbons (Fsp3) is 0.308. The summed E-state index contributed by atoms with van der Waals surface area (Å²) in [5.74, 6) is -0.155. The van der Waals surface area contributed by atoms with Crippen LogP contribution in [0.4, 0.5) is 0 Å². The van der Waals surface area contributed by atoms with Crippen molar-refractivity contribution < 1.29 is 4.79 Å². The van der Waals surface area contributed by atoms with E-state index >= 15 is 0 Å². The number of carbonyl (C=O) groups excluding carboxylic acids is 1. The summed E-state index contributed by atoms with van der Waals surface area (Å²) in [5.41, 5.74) is 7.53. The van der Waals surface area contributed by atoms with Crippen molar-refractivity contribution in [1.82, 2.24) is 14.8 Å². The summed E-state index contributed by atoms with van der Waals surface area (Å²) in [6, 6.07) is 11.7. The van der Waals surface area contributed by atoms with E-state index in [1.54, 1.807) is 17.0 Å². The highest BCUT2D eigenvalue weighted by Gasteiger charge is 2.26. The lowest BCUT2D eigenvalue weighted by atomic mass is 9.98. The maximum absolute atomic E-state index is 13.0. The second-order valence-corrected chi connectivity index (χ2v) is 9.85. The smallest absolute Gasteiger partial charge is 0.256 e. The van der Waals surface area contributed by atoms with E-state index in [0.29, 0.717) is 23.7 Å². The van der Waals surface area contributed by atoms with Gasteiger partial charge < -0.3 is 4.90 Å². The Morgan fingerprint density at radius 1 is 0.909 bits per heavy atom. The quantitative estimate of drug-likeness (QED) is 0.404. The summed E-state index contributed by atoms with van der Waals surface area (Å²) < 4.78 is 0. The molecule has 3 aromatic rings. The van der Waals surface area contributed by atoms with E-state index < -0.39 is 0 Å². The van der Waals surface area contributed by atoms with Crippen molar-refractivity contribution in [2.45, 2.75) is 27.3 Å². The lowest BCUT2D eigenvalue weighted by molar-refractivity contribution is 0.0629. The zero-order valence-electron chi connectivity index (χ0n) is 19.0. The van der Waals surface area contributed by atoms with E-state index in [2.05, 4.69) is 54.9 Å². The number of carbonyl (C=O) groups is 1. The van der Waals surface area contributed by atoms with E-state index in [1.807, 2.05) is 6.20 Å². The number of hydrogen-bond acceptors (Lipinski definition) is 3. The van der Waals surface area contributed by atoms with Crippen LogP contribution in [-0.4, -0.2) is 46.9 Å². The minimum absolute atomic E-state index is 0.155. The molecular weight excluding hydrogens is 477 g/mol. The SMILES string of the molecule is Cc1cc(-c2cc(CN3CCN(C(=O)c4c(Cl)cc(Cl)cc4Cl)CC3)ccn2)cc(C)c1C. The lowest BCUT2D eigenvalue weighted by Crippen LogP contribution is -2.48. The molecule has 1 aliphatic heterocycles. The summed E-state index contributed by atoms with van der Waals surface area (Å²) in [5, 5.41) is 0.982. The minimum atomic E-state index is -0.155. The monoisotopic (exact) mass is 501 g/mol. The van der Waals surface area contributed by atoms with E-state index in [9.17, 15) is 4.79 Å². The van der Waals surface area contributed by atoms with Crippen LogP contribution in [-0.2, 0) is 6.54 Å². The number of pyridine rings is 1. The summed E-state index contributed by atoms with van der Waals surface area (Å²) in [4.78, 5) is 21.7. The molecule has 1 saturated heterocycles. The molecule has 1 amide bonds. The van der Waals surface area contributed by atoms with Gasteiger partial charge in [-0.3, -0.25) is 14.7 Å². The fourth-order valence-corrected chi connectivity index (χ4v) is 5.16. The molecule has 33 heavy (non-hydrogen) atoms. The zero-order chi connectivity index (χ0) is 23.7. The van der Waals surface area contributed by atoms with Gasteiger partial charge in [-0.15, -0.1) is 0 Å². The molecule has 0 N–H and O–H groups in total. The average Bonchev–Trinajstić information content (AvgIpc) is 2.77. The predicted octanol–water partition coefficient (Wildman–Crippen LogP) is 6.59. The number of benzene rings is 2. The highest BCUT2D eigenvalue weighted by atomic mass is 35.5. The van der Waals surface area contributed by atoms with Crippen molar-refractivity contribution in [3.63, 3.8) is 0 Å². The van der Waals surface area contributed by atoms with Gasteiger partial charge in [0.05, 0.1) is 21.3 Å². The number of amides is 1. The molecule has 2 heterocycles. The molecule has 0 bridgehead atoms. The van der Waals surface area contributed by atoms with Gasteiger partial charge in [-0.1, -0.05) is 34.8 Å². The molecule has 0 radical (unpaired) electrons. The normalized spacial score (nSPS) is 14.5. The van der Waals surface area contributed by atoms with Crippen LogP contribution < -0.4 is 0 Å². The largest absolute Gasteiger partial charge is 0.336 e. The zero-order valence-corrected chi connectivity index (χ0v) is 21.2. The van der Waals surface area contributed by atoms with Gasteiger partial charge in [0.25, 0.3) is 5.91 Å². The molecule has 1 aromatic heterocycles. The van der Waals surface area contributed by atoms with E-state index in [0.717, 1.165) is 30.9 Å². The first kappa shape index (κ1) is 24.0. The van der Waals surface area contributed by atoms with Gasteiger partial charge in [0, 0.05) is 49.5 Å². The standard InChI is InChI=1S/C26H26Cl3N3O/c1-16-10-20(11-17(2)18(16)3)24-12-19(4-5-30-24)15-31-6-8-32(9-7-31)26(33)25-22(28)13-21(27)14-23(25)29/h4-5,10-14H,6-9,15H2,1-3H3. The molecule has 4 rings (SSSR count). The van der Waals surface area contributed by atoms with Crippen molar-refractivity contribution in [2.75, 3.05) is 26.2 Å². The molecule has 4 nitrogen and oxygen atoms in total. The summed E-state index contributed by atoms with van der Waals surface area (Å²) in [6.45, 7) is 10.0. The molecule has 2 aromatic carbocycles. The van der Waals surface area contributed by atoms with Crippen LogP contribution in [0.3, 0.4) is 0 Å². The molecule has 1 aliphatic rings. The summed E-state index contributed by atoms with van der Waals surface area (Å²) in [7, 11) is 0. The Balaban J connectivity index is 1.42. The van der Waals surface area contributed by atoms with Crippen molar-refractivity contribution in [3.05, 3.63) is 85.5 Å². The first-order valence-electron chi connectivity index (χ1n) is 10.9. The van der Waals surface area contributed by atoms with Gasteiger partial charge in [-0.25, -0.2) is 0 Å². The topological polar surface area (TPSA) is 36.4 Å². The maximum atomic E-state index is 13.0. The molecular formula is C26H26Cl3N3O. The second-order valence-electron chi connectivity index (χ2n) is 8.60. The van der Waals surface area contributed by atoms with Crippen molar-refractivity contribution in [3.8, 4) is 11.3 Å². The maximum Gasteiger partial charge on any atom is 0.256 e. The van der Waals surface area contributed by atoms with Gasteiger partial charge in [-0.2, -0.15) is 0 Å². The molecule has 0 saturated carbocycles. The van der Waals surface area contributed by atoms with Crippen LogP contribution in [0.2, 0.25) is 15.1 Å². The van der Waals surface area contributed by atoms with Crippen LogP contribution in [0, 0.1) is 20.8 Å². The van der Waals surface area contributed by atoms with Crippen LogP contribution in [0.1, 0.15) is 32.6 Å². The first-order chi connectivity index (χ1) is 15.7. The lowest BCUT2D eigenvalue weighted by Gasteiger charge is -2.35. The number of piperazine rings is 1. The van der Waals surface area contributed by atoms with Gasteiger partial charge in [0.15, 0.2) is 0 Å².